The van der Waals surface area contributed by atoms with Crippen molar-refractivity contribution in [3.05, 3.63) is 41.8 Å². The smallest absolute Gasteiger partial charge is 0.416 e. The lowest BCUT2D eigenvalue weighted by Gasteiger charge is -2.24. The zero-order valence-corrected chi connectivity index (χ0v) is 13.3. The van der Waals surface area contributed by atoms with Crippen LogP contribution in [-0.4, -0.2) is 22.3 Å². The molecule has 0 spiro atoms. The van der Waals surface area contributed by atoms with Crippen LogP contribution in [0.2, 0.25) is 0 Å². The standard InChI is InChI=1S/C15H11F3N2O4S/c16-15(17,18)8-1-2-11-10(5-8)20-14(22)12(25-11)6-13(21)23-7-9-3-4-19-24-9/h1-5,12H,6-7H2,(H,20,22)/t12-/m0/s1. The summed E-state index contributed by atoms with van der Waals surface area (Å²) in [5.74, 6) is -0.813. The molecule has 0 radical (unpaired) electrons. The average molecular weight is 372 g/mol. The van der Waals surface area contributed by atoms with Crippen molar-refractivity contribution in [2.45, 2.75) is 29.3 Å². The molecule has 0 fully saturated rings. The maximum Gasteiger partial charge on any atom is 0.416 e. The summed E-state index contributed by atoms with van der Waals surface area (Å²) in [5.41, 5.74) is -0.770. The van der Waals surface area contributed by atoms with Gasteiger partial charge in [0.1, 0.15) is 0 Å². The van der Waals surface area contributed by atoms with Crippen LogP contribution < -0.4 is 5.32 Å². The van der Waals surface area contributed by atoms with Gasteiger partial charge in [-0.25, -0.2) is 0 Å². The highest BCUT2D eigenvalue weighted by Crippen LogP contribution is 2.40. The third kappa shape index (κ3) is 4.13. The Morgan fingerprint density at radius 1 is 1.36 bits per heavy atom. The fourth-order valence-corrected chi connectivity index (χ4v) is 3.22. The first-order valence-corrected chi connectivity index (χ1v) is 7.95. The van der Waals surface area contributed by atoms with Gasteiger partial charge in [0, 0.05) is 11.0 Å². The van der Waals surface area contributed by atoms with E-state index in [2.05, 4.69) is 10.5 Å². The number of amides is 1. The molecule has 10 heteroatoms. The molecule has 0 saturated carbocycles. The predicted octanol–water partition coefficient (Wildman–Crippen LogP) is 3.24. The quantitative estimate of drug-likeness (QED) is 0.830. The van der Waals surface area contributed by atoms with Gasteiger partial charge in [0.15, 0.2) is 12.4 Å². The third-order valence-corrected chi connectivity index (χ3v) is 4.62. The second kappa shape index (κ2) is 6.79. The second-order valence-electron chi connectivity index (χ2n) is 5.15. The SMILES string of the molecule is O=C(C[C@@H]1Sc2ccc(C(F)(F)F)cc2NC1=O)OCc1ccno1. The number of carbonyl (C=O) groups excluding carboxylic acids is 2. The minimum Gasteiger partial charge on any atom is -0.457 e. The van der Waals surface area contributed by atoms with Crippen LogP contribution in [-0.2, 0) is 27.1 Å². The largest absolute Gasteiger partial charge is 0.457 e. The zero-order chi connectivity index (χ0) is 18.0. The molecule has 1 atom stereocenters. The molecule has 1 aliphatic heterocycles. The number of benzene rings is 1. The highest BCUT2D eigenvalue weighted by atomic mass is 32.2. The summed E-state index contributed by atoms with van der Waals surface area (Å²) in [4.78, 5) is 24.3. The van der Waals surface area contributed by atoms with Crippen molar-refractivity contribution >= 4 is 29.3 Å². The number of rotatable bonds is 4. The van der Waals surface area contributed by atoms with Crippen LogP contribution >= 0.6 is 11.8 Å². The van der Waals surface area contributed by atoms with Gasteiger partial charge >= 0.3 is 12.1 Å². The molecule has 0 unspecified atom stereocenters. The number of nitrogens with zero attached hydrogens (tertiary/aromatic N) is 1. The van der Waals surface area contributed by atoms with E-state index in [0.29, 0.717) is 10.7 Å². The Labute approximate surface area is 143 Å². The number of hydrogen-bond donors (Lipinski definition) is 1. The van der Waals surface area contributed by atoms with E-state index < -0.39 is 28.9 Å². The number of fused-ring (bicyclic) bond motifs is 1. The normalized spacial score (nSPS) is 16.9. The summed E-state index contributed by atoms with van der Waals surface area (Å²) in [6.45, 7) is -0.108. The van der Waals surface area contributed by atoms with Crippen LogP contribution in [0.25, 0.3) is 0 Å². The van der Waals surface area contributed by atoms with E-state index in [1.165, 1.54) is 18.3 Å². The molecular weight excluding hydrogens is 361 g/mol. The molecule has 1 amide bonds. The Balaban J connectivity index is 1.63. The molecule has 1 aliphatic rings. The number of thioether (sulfide) groups is 1. The fraction of sp³-hybridized carbons (Fsp3) is 0.267. The van der Waals surface area contributed by atoms with Crippen LogP contribution in [0.4, 0.5) is 18.9 Å². The summed E-state index contributed by atoms with van der Waals surface area (Å²) >= 11 is 1.02. The van der Waals surface area contributed by atoms with Gasteiger partial charge in [0.05, 0.1) is 29.1 Å². The lowest BCUT2D eigenvalue weighted by Crippen LogP contribution is -2.31. The third-order valence-electron chi connectivity index (χ3n) is 3.35. The molecule has 25 heavy (non-hydrogen) atoms. The van der Waals surface area contributed by atoms with Crippen molar-refractivity contribution < 1.29 is 32.0 Å². The maximum absolute atomic E-state index is 12.7. The maximum atomic E-state index is 12.7. The molecule has 0 aliphatic carbocycles. The number of anilines is 1. The highest BCUT2D eigenvalue weighted by molar-refractivity contribution is 8.01. The van der Waals surface area contributed by atoms with E-state index in [-0.39, 0.29) is 18.7 Å². The van der Waals surface area contributed by atoms with Gasteiger partial charge in [-0.2, -0.15) is 13.2 Å². The Morgan fingerprint density at radius 3 is 2.84 bits per heavy atom. The first-order valence-electron chi connectivity index (χ1n) is 7.07. The highest BCUT2D eigenvalue weighted by Gasteiger charge is 2.34. The van der Waals surface area contributed by atoms with E-state index in [9.17, 15) is 22.8 Å². The molecular formula is C15H11F3N2O4S. The Hall–Kier alpha value is -2.49. The van der Waals surface area contributed by atoms with Crippen LogP contribution in [0.1, 0.15) is 17.7 Å². The molecule has 0 bridgehead atoms. The number of aromatic nitrogens is 1. The molecule has 132 valence electrons. The van der Waals surface area contributed by atoms with E-state index in [0.717, 1.165) is 23.9 Å². The number of esters is 1. The van der Waals surface area contributed by atoms with Gasteiger partial charge in [-0.15, -0.1) is 11.8 Å². The van der Waals surface area contributed by atoms with Crippen LogP contribution in [0.3, 0.4) is 0 Å². The van der Waals surface area contributed by atoms with Crippen LogP contribution in [0.5, 0.6) is 0 Å². The Morgan fingerprint density at radius 2 is 2.16 bits per heavy atom. The molecule has 1 N–H and O–H groups in total. The second-order valence-corrected chi connectivity index (χ2v) is 6.39. The number of halogens is 3. The molecule has 1 aromatic carbocycles. The summed E-state index contributed by atoms with van der Waals surface area (Å²) in [6.07, 6.45) is -3.31. The predicted molar refractivity (Wildman–Crippen MR) is 80.6 cm³/mol. The molecule has 2 heterocycles. The summed E-state index contributed by atoms with van der Waals surface area (Å²) in [6, 6.07) is 4.61. The zero-order valence-electron chi connectivity index (χ0n) is 12.5. The monoisotopic (exact) mass is 372 g/mol. The van der Waals surface area contributed by atoms with E-state index >= 15 is 0 Å². The van der Waals surface area contributed by atoms with Crippen LogP contribution in [0.15, 0.2) is 39.9 Å². The topological polar surface area (TPSA) is 81.4 Å². The summed E-state index contributed by atoms with van der Waals surface area (Å²) < 4.78 is 47.9. The molecule has 3 rings (SSSR count). The van der Waals surface area contributed by atoms with Gasteiger partial charge in [-0.05, 0) is 18.2 Å². The van der Waals surface area contributed by atoms with E-state index in [1.54, 1.807) is 0 Å². The van der Waals surface area contributed by atoms with Gasteiger partial charge in [0.25, 0.3) is 0 Å². The van der Waals surface area contributed by atoms with Gasteiger partial charge in [-0.1, -0.05) is 5.16 Å². The van der Waals surface area contributed by atoms with E-state index in [1.807, 2.05) is 0 Å². The lowest BCUT2D eigenvalue weighted by atomic mass is 10.1. The number of ether oxygens (including phenoxy) is 1. The molecule has 0 saturated heterocycles. The van der Waals surface area contributed by atoms with Crippen molar-refractivity contribution in [2.24, 2.45) is 0 Å². The first kappa shape index (κ1) is 17.3. The Kier molecular flexibility index (Phi) is 4.71. The Bertz CT molecular complexity index is 793. The molecule has 1 aromatic heterocycles. The summed E-state index contributed by atoms with van der Waals surface area (Å²) in [7, 11) is 0. The molecule has 6 nitrogen and oxygen atoms in total. The van der Waals surface area contributed by atoms with Crippen molar-refractivity contribution in [2.75, 3.05) is 5.32 Å². The fourth-order valence-electron chi connectivity index (χ4n) is 2.14. The van der Waals surface area contributed by atoms with Crippen LogP contribution in [0, 0.1) is 0 Å². The number of carbonyl (C=O) groups is 2. The van der Waals surface area contributed by atoms with E-state index in [4.69, 9.17) is 9.26 Å². The van der Waals surface area contributed by atoms with Gasteiger partial charge < -0.3 is 14.6 Å². The minimum absolute atomic E-state index is 0.0797. The van der Waals surface area contributed by atoms with Crippen molar-refractivity contribution in [1.82, 2.24) is 5.16 Å². The molecule has 2 aromatic rings. The van der Waals surface area contributed by atoms with Crippen molar-refractivity contribution in [3.63, 3.8) is 0 Å². The van der Waals surface area contributed by atoms with Gasteiger partial charge in [-0.3, -0.25) is 9.59 Å². The lowest BCUT2D eigenvalue weighted by molar-refractivity contribution is -0.146. The number of nitrogens with one attached hydrogen (secondary N) is 1. The number of alkyl halides is 3. The average Bonchev–Trinajstić information content (AvgIpc) is 3.06. The van der Waals surface area contributed by atoms with Crippen molar-refractivity contribution in [1.29, 1.82) is 0 Å². The number of hydrogen-bond acceptors (Lipinski definition) is 6. The van der Waals surface area contributed by atoms with Crippen molar-refractivity contribution in [3.8, 4) is 0 Å². The minimum atomic E-state index is -4.49. The summed E-state index contributed by atoms with van der Waals surface area (Å²) in [5, 5.41) is 5.08. The van der Waals surface area contributed by atoms with Gasteiger partial charge in [0.2, 0.25) is 5.91 Å². The first-order chi connectivity index (χ1) is 11.8.